The van der Waals surface area contributed by atoms with Crippen LogP contribution < -0.4 is 10.1 Å². The molecule has 1 aromatic rings. The summed E-state index contributed by atoms with van der Waals surface area (Å²) in [6.07, 6.45) is 5.13. The van der Waals surface area contributed by atoms with E-state index in [9.17, 15) is 9.59 Å². The van der Waals surface area contributed by atoms with Crippen LogP contribution in [0.5, 0.6) is 5.75 Å². The number of amides is 2. The number of likely N-dealkylation sites (N-methyl/N-ethyl adjacent to an activating group) is 1. The van der Waals surface area contributed by atoms with E-state index in [1.807, 2.05) is 45.9 Å². The molecule has 2 amide bonds. The summed E-state index contributed by atoms with van der Waals surface area (Å²) < 4.78 is 5.66. The zero-order valence-electron chi connectivity index (χ0n) is 15.6. The van der Waals surface area contributed by atoms with Gasteiger partial charge in [-0.15, -0.1) is 0 Å². The molecule has 6 heteroatoms. The van der Waals surface area contributed by atoms with Gasteiger partial charge in [0.2, 0.25) is 11.8 Å². The predicted octanol–water partition coefficient (Wildman–Crippen LogP) is 3.44. The first-order chi connectivity index (χ1) is 12.2. The highest BCUT2D eigenvalue weighted by Crippen LogP contribution is 2.29. The second-order valence-electron chi connectivity index (χ2n) is 7.17. The van der Waals surface area contributed by atoms with E-state index in [1.54, 1.807) is 12.1 Å². The molecule has 2 rings (SSSR count). The number of rotatable bonds is 5. The summed E-state index contributed by atoms with van der Waals surface area (Å²) in [5.74, 6) is 0.381. The van der Waals surface area contributed by atoms with Crippen LogP contribution in [0.2, 0.25) is 5.02 Å². The van der Waals surface area contributed by atoms with Crippen LogP contribution in [0.15, 0.2) is 35.9 Å². The Morgan fingerprint density at radius 2 is 2.08 bits per heavy atom. The number of carbonyl (C=O) groups excluding carboxylic acids is 2. The van der Waals surface area contributed by atoms with Gasteiger partial charge in [-0.2, -0.15) is 0 Å². The highest BCUT2D eigenvalue weighted by molar-refractivity contribution is 6.30. The van der Waals surface area contributed by atoms with Crippen molar-refractivity contribution in [1.82, 2.24) is 10.2 Å². The van der Waals surface area contributed by atoms with E-state index in [0.717, 1.165) is 16.9 Å². The minimum atomic E-state index is -0.325. The smallest absolute Gasteiger partial charge is 0.247 e. The number of nitrogens with one attached hydrogen (secondary N) is 1. The summed E-state index contributed by atoms with van der Waals surface area (Å²) in [6, 6.07) is 5.42. The van der Waals surface area contributed by atoms with Gasteiger partial charge >= 0.3 is 0 Å². The number of nitrogens with zero attached hydrogens (tertiary/aromatic N) is 1. The van der Waals surface area contributed by atoms with E-state index < -0.39 is 0 Å². The highest BCUT2D eigenvalue weighted by atomic mass is 35.5. The standard InChI is InChI=1S/C20H25ClN2O3/c1-5-23(12-18(24)22-20(2,3)4)19(25)9-6-14-10-15-11-16(21)7-8-17(15)26-13-14/h6-11H,5,12-13H2,1-4H3,(H,22,24)/b9-6+. The van der Waals surface area contributed by atoms with E-state index >= 15 is 0 Å². The first kappa shape index (κ1) is 20.0. The van der Waals surface area contributed by atoms with Crippen molar-refractivity contribution in [3.8, 4) is 5.75 Å². The molecule has 0 spiro atoms. The van der Waals surface area contributed by atoms with Crippen LogP contribution in [0.3, 0.4) is 0 Å². The van der Waals surface area contributed by atoms with Gasteiger partial charge in [-0.3, -0.25) is 9.59 Å². The van der Waals surface area contributed by atoms with Crippen LogP contribution in [-0.2, 0) is 9.59 Å². The van der Waals surface area contributed by atoms with E-state index in [4.69, 9.17) is 16.3 Å². The Kier molecular flexibility index (Phi) is 6.48. The molecule has 0 aromatic heterocycles. The van der Waals surface area contributed by atoms with Gasteiger partial charge in [0.05, 0.1) is 6.54 Å². The molecular weight excluding hydrogens is 352 g/mol. The van der Waals surface area contributed by atoms with E-state index in [2.05, 4.69) is 5.32 Å². The Morgan fingerprint density at radius 3 is 2.73 bits per heavy atom. The molecule has 26 heavy (non-hydrogen) atoms. The zero-order valence-corrected chi connectivity index (χ0v) is 16.4. The van der Waals surface area contributed by atoms with Gasteiger partial charge in [-0.25, -0.2) is 0 Å². The van der Waals surface area contributed by atoms with Gasteiger partial charge in [-0.05, 0) is 57.5 Å². The van der Waals surface area contributed by atoms with Crippen molar-refractivity contribution in [2.75, 3.05) is 19.7 Å². The average molecular weight is 377 g/mol. The maximum atomic E-state index is 12.4. The molecule has 0 fully saturated rings. The van der Waals surface area contributed by atoms with Gasteiger partial charge in [0.25, 0.3) is 0 Å². The molecular formula is C20H25ClN2O3. The Balaban J connectivity index is 2.02. The lowest BCUT2D eigenvalue weighted by Crippen LogP contribution is -2.47. The molecule has 1 heterocycles. The van der Waals surface area contributed by atoms with Gasteiger partial charge < -0.3 is 15.0 Å². The third-order valence-corrected chi connectivity index (χ3v) is 3.92. The van der Waals surface area contributed by atoms with Crippen LogP contribution in [0.1, 0.15) is 33.3 Å². The van der Waals surface area contributed by atoms with Crippen molar-refractivity contribution < 1.29 is 14.3 Å². The van der Waals surface area contributed by atoms with Crippen molar-refractivity contribution in [2.24, 2.45) is 0 Å². The van der Waals surface area contributed by atoms with Crippen LogP contribution in [0.25, 0.3) is 6.08 Å². The third-order valence-electron chi connectivity index (χ3n) is 3.69. The number of ether oxygens (including phenoxy) is 1. The largest absolute Gasteiger partial charge is 0.488 e. The molecule has 1 aliphatic heterocycles. The number of hydrogen-bond acceptors (Lipinski definition) is 3. The van der Waals surface area contributed by atoms with Crippen molar-refractivity contribution in [2.45, 2.75) is 33.2 Å². The monoisotopic (exact) mass is 376 g/mol. The second-order valence-corrected chi connectivity index (χ2v) is 7.61. The molecule has 1 aromatic carbocycles. The number of halogens is 1. The lowest BCUT2D eigenvalue weighted by Gasteiger charge is -2.24. The maximum absolute atomic E-state index is 12.4. The maximum Gasteiger partial charge on any atom is 0.247 e. The van der Waals surface area contributed by atoms with Crippen molar-refractivity contribution in [3.63, 3.8) is 0 Å². The molecule has 0 radical (unpaired) electrons. The van der Waals surface area contributed by atoms with Gasteiger partial charge in [0.1, 0.15) is 12.4 Å². The molecule has 0 saturated carbocycles. The minimum Gasteiger partial charge on any atom is -0.488 e. The Morgan fingerprint density at radius 1 is 1.35 bits per heavy atom. The Bertz CT molecular complexity index is 748. The molecule has 0 saturated heterocycles. The number of carbonyl (C=O) groups is 2. The van der Waals surface area contributed by atoms with Gasteiger partial charge in [0, 0.05) is 28.7 Å². The van der Waals surface area contributed by atoms with Gasteiger partial charge in [-0.1, -0.05) is 17.7 Å². The fraction of sp³-hybridized carbons (Fsp3) is 0.400. The van der Waals surface area contributed by atoms with E-state index in [-0.39, 0.29) is 23.9 Å². The fourth-order valence-electron chi connectivity index (χ4n) is 2.52. The summed E-state index contributed by atoms with van der Waals surface area (Å²) in [5.41, 5.74) is 1.42. The average Bonchev–Trinajstić information content (AvgIpc) is 2.55. The minimum absolute atomic E-state index is 0.0327. The Labute approximate surface area is 159 Å². The summed E-state index contributed by atoms with van der Waals surface area (Å²) >= 11 is 6.00. The molecule has 140 valence electrons. The van der Waals surface area contributed by atoms with Crippen molar-refractivity contribution in [1.29, 1.82) is 0 Å². The van der Waals surface area contributed by atoms with E-state index in [1.165, 1.54) is 11.0 Å². The molecule has 0 unspecified atom stereocenters. The Hall–Kier alpha value is -2.27. The molecule has 1 aliphatic rings. The number of fused-ring (bicyclic) bond motifs is 1. The SMILES string of the molecule is CCN(CC(=O)NC(C)(C)C)C(=O)/C=C/C1=Cc2cc(Cl)ccc2OC1. The first-order valence-corrected chi connectivity index (χ1v) is 8.96. The van der Waals surface area contributed by atoms with Crippen molar-refractivity contribution >= 4 is 29.5 Å². The second kappa shape index (κ2) is 8.41. The fourth-order valence-corrected chi connectivity index (χ4v) is 2.70. The predicted molar refractivity (Wildman–Crippen MR) is 104 cm³/mol. The molecule has 1 N–H and O–H groups in total. The molecule has 5 nitrogen and oxygen atoms in total. The summed E-state index contributed by atoms with van der Waals surface area (Å²) in [5, 5.41) is 3.49. The topological polar surface area (TPSA) is 58.6 Å². The number of hydrogen-bond donors (Lipinski definition) is 1. The number of benzene rings is 1. The van der Waals surface area contributed by atoms with Crippen LogP contribution >= 0.6 is 11.6 Å². The summed E-state index contributed by atoms with van der Waals surface area (Å²) in [7, 11) is 0. The molecule has 0 aliphatic carbocycles. The summed E-state index contributed by atoms with van der Waals surface area (Å²) in [4.78, 5) is 25.9. The van der Waals surface area contributed by atoms with Crippen LogP contribution in [0, 0.1) is 0 Å². The normalized spacial score (nSPS) is 13.7. The summed E-state index contributed by atoms with van der Waals surface area (Å²) in [6.45, 7) is 8.43. The first-order valence-electron chi connectivity index (χ1n) is 8.59. The van der Waals surface area contributed by atoms with Crippen LogP contribution in [-0.4, -0.2) is 41.9 Å². The zero-order chi connectivity index (χ0) is 19.3. The lowest BCUT2D eigenvalue weighted by molar-refractivity contribution is -0.132. The molecule has 0 atom stereocenters. The van der Waals surface area contributed by atoms with Crippen molar-refractivity contribution in [3.05, 3.63) is 46.5 Å². The quantitative estimate of drug-likeness (QED) is 0.801. The van der Waals surface area contributed by atoms with Crippen LogP contribution in [0.4, 0.5) is 0 Å². The molecule has 0 bridgehead atoms. The van der Waals surface area contributed by atoms with Gasteiger partial charge in [0.15, 0.2) is 0 Å². The van der Waals surface area contributed by atoms with E-state index in [0.29, 0.717) is 18.2 Å². The lowest BCUT2D eigenvalue weighted by atomic mass is 10.1. The highest BCUT2D eigenvalue weighted by Gasteiger charge is 2.18. The third kappa shape index (κ3) is 5.92.